The molecule has 0 saturated carbocycles. The molecule has 0 spiro atoms. The Balaban J connectivity index is 3.21. The van der Waals surface area contributed by atoms with Gasteiger partial charge in [0, 0.05) is 12.6 Å². The van der Waals surface area contributed by atoms with Gasteiger partial charge in [0.15, 0.2) is 0 Å². The summed E-state index contributed by atoms with van der Waals surface area (Å²) in [6.45, 7) is 7.25. The predicted octanol–water partition coefficient (Wildman–Crippen LogP) is 2.71. The van der Waals surface area contributed by atoms with Gasteiger partial charge in [0.05, 0.1) is 6.10 Å². The quantitative estimate of drug-likeness (QED) is 0.593. The molecule has 0 aliphatic heterocycles. The maximum Gasteiger partial charge on any atom is 0.0697 e. The Morgan fingerprint density at radius 2 is 1.85 bits per heavy atom. The lowest BCUT2D eigenvalue weighted by atomic mass is 10.1. The molecule has 0 amide bonds. The second kappa shape index (κ2) is 8.52. The summed E-state index contributed by atoms with van der Waals surface area (Å²) in [7, 11) is 0. The molecule has 0 bridgehead atoms. The minimum Gasteiger partial charge on any atom is -0.377 e. The van der Waals surface area contributed by atoms with Gasteiger partial charge in [0.25, 0.3) is 0 Å². The van der Waals surface area contributed by atoms with E-state index >= 15 is 0 Å². The molecular weight excluding hydrogens is 162 g/mol. The Morgan fingerprint density at radius 3 is 2.38 bits per heavy atom. The van der Waals surface area contributed by atoms with Crippen LogP contribution in [0, 0.1) is 0 Å². The fourth-order valence-corrected chi connectivity index (χ4v) is 1.25. The van der Waals surface area contributed by atoms with Gasteiger partial charge in [-0.15, -0.1) is 0 Å². The van der Waals surface area contributed by atoms with E-state index in [1.807, 2.05) is 0 Å². The normalized spacial score (nSPS) is 15.7. The monoisotopic (exact) mass is 187 g/mol. The van der Waals surface area contributed by atoms with Crippen LogP contribution in [0.1, 0.15) is 52.9 Å². The molecule has 0 radical (unpaired) electrons. The zero-order valence-electron chi connectivity index (χ0n) is 9.38. The zero-order valence-corrected chi connectivity index (χ0v) is 9.38. The minimum absolute atomic E-state index is 0.200. The lowest BCUT2D eigenvalue weighted by Gasteiger charge is -2.18. The second-order valence-corrected chi connectivity index (χ2v) is 3.71. The summed E-state index contributed by atoms with van der Waals surface area (Å²) in [4.78, 5) is 0. The van der Waals surface area contributed by atoms with Crippen molar-refractivity contribution in [1.29, 1.82) is 0 Å². The van der Waals surface area contributed by atoms with Crippen LogP contribution in [0.5, 0.6) is 0 Å². The van der Waals surface area contributed by atoms with E-state index in [4.69, 9.17) is 10.5 Å². The van der Waals surface area contributed by atoms with E-state index in [9.17, 15) is 0 Å². The standard InChI is InChI=1S/C11H25NO/c1-4-6-7-8-9-13-10(3)11(12)5-2/h10-11H,4-9,12H2,1-3H3. The SMILES string of the molecule is CCCCCCOC(C)C(N)CC. The maximum absolute atomic E-state index is 5.83. The van der Waals surface area contributed by atoms with E-state index in [-0.39, 0.29) is 12.1 Å². The summed E-state index contributed by atoms with van der Waals surface area (Å²) < 4.78 is 5.62. The van der Waals surface area contributed by atoms with E-state index in [0.29, 0.717) is 0 Å². The third-order valence-electron chi connectivity index (χ3n) is 2.45. The van der Waals surface area contributed by atoms with Crippen LogP contribution in [0.3, 0.4) is 0 Å². The number of rotatable bonds is 8. The number of ether oxygens (including phenoxy) is 1. The highest BCUT2D eigenvalue weighted by atomic mass is 16.5. The van der Waals surface area contributed by atoms with Crippen molar-refractivity contribution < 1.29 is 4.74 Å². The first-order chi connectivity index (χ1) is 6.22. The number of unbranched alkanes of at least 4 members (excludes halogenated alkanes) is 3. The fraction of sp³-hybridized carbons (Fsp3) is 1.00. The van der Waals surface area contributed by atoms with Gasteiger partial charge in [0.2, 0.25) is 0 Å². The van der Waals surface area contributed by atoms with Gasteiger partial charge in [-0.25, -0.2) is 0 Å². The molecule has 0 saturated heterocycles. The largest absolute Gasteiger partial charge is 0.377 e. The lowest BCUT2D eigenvalue weighted by molar-refractivity contribution is 0.0450. The van der Waals surface area contributed by atoms with Crippen molar-refractivity contribution in [3.63, 3.8) is 0 Å². The van der Waals surface area contributed by atoms with Crippen LogP contribution in [0.25, 0.3) is 0 Å². The third-order valence-corrected chi connectivity index (χ3v) is 2.45. The fourth-order valence-electron chi connectivity index (χ4n) is 1.25. The van der Waals surface area contributed by atoms with Crippen LogP contribution in [0.4, 0.5) is 0 Å². The smallest absolute Gasteiger partial charge is 0.0697 e. The summed E-state index contributed by atoms with van der Waals surface area (Å²) in [6.07, 6.45) is 6.27. The summed E-state index contributed by atoms with van der Waals surface area (Å²) >= 11 is 0. The molecule has 2 atom stereocenters. The Hall–Kier alpha value is -0.0800. The van der Waals surface area contributed by atoms with E-state index in [0.717, 1.165) is 13.0 Å². The molecule has 0 rings (SSSR count). The van der Waals surface area contributed by atoms with Gasteiger partial charge < -0.3 is 10.5 Å². The third kappa shape index (κ3) is 7.03. The Bertz CT molecular complexity index is 106. The number of hydrogen-bond acceptors (Lipinski definition) is 2. The Morgan fingerprint density at radius 1 is 1.15 bits per heavy atom. The van der Waals surface area contributed by atoms with Crippen molar-refractivity contribution in [2.45, 2.75) is 65.0 Å². The van der Waals surface area contributed by atoms with Gasteiger partial charge in [-0.1, -0.05) is 33.1 Å². The molecule has 2 nitrogen and oxygen atoms in total. The van der Waals surface area contributed by atoms with Crippen LogP contribution in [-0.4, -0.2) is 18.8 Å². The first-order valence-electron chi connectivity index (χ1n) is 5.59. The first kappa shape index (κ1) is 12.9. The molecule has 0 aliphatic carbocycles. The summed E-state index contributed by atoms with van der Waals surface area (Å²) in [5.74, 6) is 0. The van der Waals surface area contributed by atoms with Crippen LogP contribution in [0.2, 0.25) is 0 Å². The van der Waals surface area contributed by atoms with Crippen LogP contribution < -0.4 is 5.73 Å². The molecule has 0 aromatic rings. The Labute approximate surface area is 82.8 Å². The van der Waals surface area contributed by atoms with Crippen LogP contribution >= 0.6 is 0 Å². The van der Waals surface area contributed by atoms with Gasteiger partial charge >= 0.3 is 0 Å². The van der Waals surface area contributed by atoms with Crippen molar-refractivity contribution in [2.75, 3.05) is 6.61 Å². The molecule has 0 fully saturated rings. The molecule has 0 aromatic carbocycles. The molecular formula is C11H25NO. The van der Waals surface area contributed by atoms with Crippen LogP contribution in [0.15, 0.2) is 0 Å². The predicted molar refractivity (Wildman–Crippen MR) is 57.8 cm³/mol. The minimum atomic E-state index is 0.200. The summed E-state index contributed by atoms with van der Waals surface area (Å²) in [6, 6.07) is 0.200. The average molecular weight is 187 g/mol. The molecule has 80 valence electrons. The van der Waals surface area contributed by atoms with Gasteiger partial charge in [-0.3, -0.25) is 0 Å². The van der Waals surface area contributed by atoms with Crippen molar-refractivity contribution >= 4 is 0 Å². The van der Waals surface area contributed by atoms with E-state index in [1.165, 1.54) is 25.7 Å². The second-order valence-electron chi connectivity index (χ2n) is 3.71. The lowest BCUT2D eigenvalue weighted by Crippen LogP contribution is -2.34. The highest BCUT2D eigenvalue weighted by molar-refractivity contribution is 4.66. The highest BCUT2D eigenvalue weighted by Gasteiger charge is 2.09. The van der Waals surface area contributed by atoms with Gasteiger partial charge in [-0.2, -0.15) is 0 Å². The van der Waals surface area contributed by atoms with Crippen molar-refractivity contribution in [1.82, 2.24) is 0 Å². The Kier molecular flexibility index (Phi) is 8.46. The first-order valence-corrected chi connectivity index (χ1v) is 5.59. The number of nitrogens with two attached hydrogens (primary N) is 1. The molecule has 2 unspecified atom stereocenters. The molecule has 0 aromatic heterocycles. The highest BCUT2D eigenvalue weighted by Crippen LogP contribution is 2.03. The zero-order chi connectivity index (χ0) is 10.1. The average Bonchev–Trinajstić information content (AvgIpc) is 2.16. The molecule has 2 heteroatoms. The molecule has 0 heterocycles. The maximum atomic E-state index is 5.83. The van der Waals surface area contributed by atoms with E-state index in [2.05, 4.69) is 20.8 Å². The molecule has 0 aliphatic rings. The summed E-state index contributed by atoms with van der Waals surface area (Å²) in [5, 5.41) is 0. The van der Waals surface area contributed by atoms with Crippen LogP contribution in [-0.2, 0) is 4.74 Å². The molecule has 13 heavy (non-hydrogen) atoms. The van der Waals surface area contributed by atoms with Crippen molar-refractivity contribution in [3.8, 4) is 0 Å². The topological polar surface area (TPSA) is 35.2 Å². The van der Waals surface area contributed by atoms with E-state index < -0.39 is 0 Å². The van der Waals surface area contributed by atoms with Gasteiger partial charge in [0.1, 0.15) is 0 Å². The van der Waals surface area contributed by atoms with E-state index in [1.54, 1.807) is 0 Å². The summed E-state index contributed by atoms with van der Waals surface area (Å²) in [5.41, 5.74) is 5.83. The molecule has 2 N–H and O–H groups in total. The number of hydrogen-bond donors (Lipinski definition) is 1. The van der Waals surface area contributed by atoms with Crippen molar-refractivity contribution in [2.24, 2.45) is 5.73 Å². The van der Waals surface area contributed by atoms with Crippen molar-refractivity contribution in [3.05, 3.63) is 0 Å². The van der Waals surface area contributed by atoms with Gasteiger partial charge in [-0.05, 0) is 19.8 Å².